The van der Waals surface area contributed by atoms with Crippen molar-refractivity contribution in [3.8, 4) is 0 Å². The first-order valence-electron chi connectivity index (χ1n) is 3.56. The van der Waals surface area contributed by atoms with E-state index in [0.29, 0.717) is 4.99 Å². The summed E-state index contributed by atoms with van der Waals surface area (Å²) in [5.41, 5.74) is 5.33. The molecule has 0 aliphatic heterocycles. The quantitative estimate of drug-likeness (QED) is 0.480. The summed E-state index contributed by atoms with van der Waals surface area (Å²) in [4.78, 5) is 2.80. The molecule has 0 aromatic rings. The molecule has 0 fully saturated rings. The monoisotopic (exact) mass is 160 g/mol. The van der Waals surface area contributed by atoms with E-state index in [2.05, 4.69) is 19.0 Å². The highest BCUT2D eigenvalue weighted by Crippen LogP contribution is 1.95. The lowest BCUT2D eigenvalue weighted by Gasteiger charge is -2.07. The minimum absolute atomic E-state index is 0.638. The van der Waals surface area contributed by atoms with E-state index in [0.717, 1.165) is 19.4 Å². The molecule has 2 nitrogen and oxygen atoms in total. The number of hydrogen-bond donors (Lipinski definition) is 1. The molecule has 0 saturated carbocycles. The molecule has 10 heavy (non-hydrogen) atoms. The predicted molar refractivity (Wildman–Crippen MR) is 49.2 cm³/mol. The van der Waals surface area contributed by atoms with Gasteiger partial charge in [0.1, 0.15) is 0 Å². The first-order chi connectivity index (χ1) is 4.63. The Morgan fingerprint density at radius 3 is 2.40 bits per heavy atom. The van der Waals surface area contributed by atoms with Gasteiger partial charge in [0.25, 0.3) is 0 Å². The number of unbranched alkanes of at least 4 members (excludes halogenated alkanes) is 1. The highest BCUT2D eigenvalue weighted by Gasteiger charge is 1.91. The molecule has 0 aromatic heterocycles. The summed E-state index contributed by atoms with van der Waals surface area (Å²) in [6, 6.07) is 0. The first-order valence-corrected chi connectivity index (χ1v) is 3.97. The highest BCUT2D eigenvalue weighted by atomic mass is 32.1. The molecule has 0 aliphatic rings. The second-order valence-corrected chi connectivity index (χ2v) is 3.25. The smallest absolute Gasteiger partial charge is 0.0727 e. The zero-order valence-corrected chi connectivity index (χ0v) is 7.58. The number of nitrogens with zero attached hydrogens (tertiary/aromatic N) is 1. The van der Waals surface area contributed by atoms with E-state index >= 15 is 0 Å². The van der Waals surface area contributed by atoms with Gasteiger partial charge in [0, 0.05) is 0 Å². The van der Waals surface area contributed by atoms with Crippen molar-refractivity contribution in [3.63, 3.8) is 0 Å². The van der Waals surface area contributed by atoms with Crippen LogP contribution in [0.25, 0.3) is 0 Å². The van der Waals surface area contributed by atoms with Crippen LogP contribution in [0.1, 0.15) is 19.3 Å². The third kappa shape index (κ3) is 7.85. The topological polar surface area (TPSA) is 29.3 Å². The average molecular weight is 160 g/mol. The Hall–Kier alpha value is -0.150. The Balaban J connectivity index is 2.98. The van der Waals surface area contributed by atoms with Crippen molar-refractivity contribution in [3.05, 3.63) is 0 Å². The lowest BCUT2D eigenvalue weighted by Crippen LogP contribution is -2.14. The van der Waals surface area contributed by atoms with Gasteiger partial charge in [0.15, 0.2) is 0 Å². The van der Waals surface area contributed by atoms with E-state index in [9.17, 15) is 0 Å². The van der Waals surface area contributed by atoms with Crippen LogP contribution in [0, 0.1) is 0 Å². The van der Waals surface area contributed by atoms with Crippen molar-refractivity contribution in [1.82, 2.24) is 4.90 Å². The molecule has 0 unspecified atom stereocenters. The molecule has 0 spiro atoms. The van der Waals surface area contributed by atoms with Crippen LogP contribution in [0.2, 0.25) is 0 Å². The van der Waals surface area contributed by atoms with E-state index in [4.69, 9.17) is 18.0 Å². The maximum atomic E-state index is 5.33. The van der Waals surface area contributed by atoms with Crippen LogP contribution in [0.4, 0.5) is 0 Å². The Bertz CT molecular complexity index is 102. The van der Waals surface area contributed by atoms with E-state index < -0.39 is 0 Å². The van der Waals surface area contributed by atoms with Gasteiger partial charge in [-0.3, -0.25) is 0 Å². The second kappa shape index (κ2) is 5.62. The van der Waals surface area contributed by atoms with Gasteiger partial charge < -0.3 is 10.6 Å². The van der Waals surface area contributed by atoms with Crippen molar-refractivity contribution < 1.29 is 0 Å². The molecule has 0 radical (unpaired) electrons. The fourth-order valence-electron chi connectivity index (χ4n) is 0.727. The van der Waals surface area contributed by atoms with Crippen LogP contribution in [0.5, 0.6) is 0 Å². The van der Waals surface area contributed by atoms with Gasteiger partial charge in [-0.25, -0.2) is 0 Å². The summed E-state index contributed by atoms with van der Waals surface area (Å²) in [6.07, 6.45) is 3.20. The summed E-state index contributed by atoms with van der Waals surface area (Å²) < 4.78 is 0. The predicted octanol–water partition coefficient (Wildman–Crippen LogP) is 1.00. The maximum Gasteiger partial charge on any atom is 0.0727 e. The molecule has 3 heteroatoms. The lowest BCUT2D eigenvalue weighted by atomic mass is 10.2. The van der Waals surface area contributed by atoms with Crippen LogP contribution in [0.3, 0.4) is 0 Å². The minimum Gasteiger partial charge on any atom is -0.393 e. The van der Waals surface area contributed by atoms with Gasteiger partial charge in [0.05, 0.1) is 4.99 Å². The molecule has 0 amide bonds. The summed E-state index contributed by atoms with van der Waals surface area (Å²) in [5, 5.41) is 0. The molecule has 60 valence electrons. The zero-order valence-electron chi connectivity index (χ0n) is 6.76. The molecule has 0 atom stereocenters. The zero-order chi connectivity index (χ0) is 7.98. The van der Waals surface area contributed by atoms with Crippen LogP contribution in [0.15, 0.2) is 0 Å². The molecule has 0 rings (SSSR count). The lowest BCUT2D eigenvalue weighted by molar-refractivity contribution is 0.396. The Kier molecular flexibility index (Phi) is 5.54. The highest BCUT2D eigenvalue weighted by molar-refractivity contribution is 7.80. The van der Waals surface area contributed by atoms with E-state index in [1.165, 1.54) is 6.42 Å². The molecule has 0 heterocycles. The van der Waals surface area contributed by atoms with Crippen molar-refractivity contribution in [2.45, 2.75) is 19.3 Å². The van der Waals surface area contributed by atoms with Crippen molar-refractivity contribution >= 4 is 17.2 Å². The fraction of sp³-hybridized carbons (Fsp3) is 0.857. The Labute approximate surface area is 68.4 Å². The molecule has 0 aliphatic carbocycles. The number of rotatable bonds is 5. The Morgan fingerprint density at radius 2 is 2.00 bits per heavy atom. The molecule has 0 aromatic carbocycles. The molecule has 0 bridgehead atoms. The summed E-state index contributed by atoms with van der Waals surface area (Å²) in [7, 11) is 4.14. The molecule has 0 saturated heterocycles. The van der Waals surface area contributed by atoms with Crippen LogP contribution >= 0.6 is 12.2 Å². The maximum absolute atomic E-state index is 5.33. The summed E-state index contributed by atoms with van der Waals surface area (Å²) in [5.74, 6) is 0. The molecule has 2 N–H and O–H groups in total. The van der Waals surface area contributed by atoms with Crippen LogP contribution < -0.4 is 5.73 Å². The normalized spacial score (nSPS) is 10.3. The number of hydrogen-bond acceptors (Lipinski definition) is 2. The third-order valence-corrected chi connectivity index (χ3v) is 1.48. The van der Waals surface area contributed by atoms with Gasteiger partial charge in [-0.1, -0.05) is 12.2 Å². The van der Waals surface area contributed by atoms with Crippen molar-refractivity contribution in [2.24, 2.45) is 5.73 Å². The minimum atomic E-state index is 0.638. The van der Waals surface area contributed by atoms with E-state index in [-0.39, 0.29) is 0 Å². The number of thiocarbonyl (C=S) groups is 1. The fourth-order valence-corrected chi connectivity index (χ4v) is 0.872. The molecular formula is C7H16N2S. The van der Waals surface area contributed by atoms with Crippen molar-refractivity contribution in [1.29, 1.82) is 0 Å². The SMILES string of the molecule is CN(C)CCCCC(N)=S. The van der Waals surface area contributed by atoms with Gasteiger partial charge >= 0.3 is 0 Å². The molecular weight excluding hydrogens is 144 g/mol. The van der Waals surface area contributed by atoms with Crippen LogP contribution in [-0.4, -0.2) is 30.5 Å². The van der Waals surface area contributed by atoms with Gasteiger partial charge in [0.2, 0.25) is 0 Å². The second-order valence-electron chi connectivity index (χ2n) is 2.73. The van der Waals surface area contributed by atoms with Gasteiger partial charge in [-0.15, -0.1) is 0 Å². The number of nitrogens with two attached hydrogens (primary N) is 1. The standard InChI is InChI=1S/C7H16N2S/c1-9(2)6-4-3-5-7(8)10/h3-6H2,1-2H3,(H2,8,10). The van der Waals surface area contributed by atoms with E-state index in [1.54, 1.807) is 0 Å². The summed E-state index contributed by atoms with van der Waals surface area (Å²) in [6.45, 7) is 1.13. The average Bonchev–Trinajstić information content (AvgIpc) is 1.79. The summed E-state index contributed by atoms with van der Waals surface area (Å²) >= 11 is 4.74. The largest absolute Gasteiger partial charge is 0.393 e. The third-order valence-electron chi connectivity index (χ3n) is 1.28. The Morgan fingerprint density at radius 1 is 1.40 bits per heavy atom. The van der Waals surface area contributed by atoms with Gasteiger partial charge in [-0.2, -0.15) is 0 Å². The van der Waals surface area contributed by atoms with Gasteiger partial charge in [-0.05, 0) is 39.9 Å². The van der Waals surface area contributed by atoms with Crippen LogP contribution in [-0.2, 0) is 0 Å². The van der Waals surface area contributed by atoms with E-state index in [1.807, 2.05) is 0 Å². The van der Waals surface area contributed by atoms with Crippen molar-refractivity contribution in [2.75, 3.05) is 20.6 Å². The first kappa shape index (κ1) is 9.85.